The molecule has 0 aromatic heterocycles. The molecule has 1 saturated heterocycles. The van der Waals surface area contributed by atoms with Crippen molar-refractivity contribution >= 4 is 57.5 Å². The number of esters is 1. The number of rotatable bonds is 6. The number of halogens is 1. The van der Waals surface area contributed by atoms with Crippen molar-refractivity contribution in [3.8, 4) is 11.5 Å². The number of ether oxygens (including phenoxy) is 2. The third-order valence-electron chi connectivity index (χ3n) is 4.84. The Labute approximate surface area is 208 Å². The zero-order valence-corrected chi connectivity index (χ0v) is 20.5. The van der Waals surface area contributed by atoms with E-state index in [1.165, 1.54) is 4.90 Å². The molecular weight excluding hydrogens is 553 g/mol. The van der Waals surface area contributed by atoms with Crippen LogP contribution in [-0.4, -0.2) is 29.1 Å². The van der Waals surface area contributed by atoms with E-state index in [4.69, 9.17) is 9.47 Å². The van der Waals surface area contributed by atoms with Gasteiger partial charge in [0.05, 0.1) is 24.1 Å². The minimum absolute atomic E-state index is 0.235. The smallest absolute Gasteiger partial charge is 0.343 e. The Morgan fingerprint density at radius 1 is 0.939 bits per heavy atom. The first-order valence-electron chi connectivity index (χ1n) is 9.89. The normalized spacial score (nSPS) is 14.6. The Morgan fingerprint density at radius 2 is 1.58 bits per heavy atom. The van der Waals surface area contributed by atoms with Gasteiger partial charge in [0.25, 0.3) is 11.1 Å². The van der Waals surface area contributed by atoms with Crippen LogP contribution in [0, 0.1) is 3.57 Å². The summed E-state index contributed by atoms with van der Waals surface area (Å²) in [6.07, 6.45) is 1.66. The van der Waals surface area contributed by atoms with E-state index in [2.05, 4.69) is 22.6 Å². The fourth-order valence-corrected chi connectivity index (χ4v) is 4.28. The summed E-state index contributed by atoms with van der Waals surface area (Å²) in [5.41, 5.74) is 2.02. The summed E-state index contributed by atoms with van der Waals surface area (Å²) in [5, 5.41) is -0.296. The minimum atomic E-state index is -0.484. The fourth-order valence-electron chi connectivity index (χ4n) is 3.09. The molecule has 0 unspecified atom stereocenters. The molecule has 4 rings (SSSR count). The maximum Gasteiger partial charge on any atom is 0.343 e. The number of carbonyl (C=O) groups excluding carboxylic acids is 3. The highest BCUT2D eigenvalue weighted by Crippen LogP contribution is 2.33. The highest BCUT2D eigenvalue weighted by atomic mass is 127. The molecule has 1 heterocycles. The lowest BCUT2D eigenvalue weighted by Crippen LogP contribution is -2.27. The highest BCUT2D eigenvalue weighted by Gasteiger charge is 2.34. The molecule has 8 heteroatoms. The Bertz CT molecular complexity index is 1220. The van der Waals surface area contributed by atoms with Crippen LogP contribution in [0.2, 0.25) is 0 Å². The quantitative estimate of drug-likeness (QED) is 0.162. The molecule has 0 N–H and O–H groups in total. The van der Waals surface area contributed by atoms with Crippen molar-refractivity contribution in [3.05, 3.63) is 98.0 Å². The number of methoxy groups -OCH3 is 1. The van der Waals surface area contributed by atoms with Crippen molar-refractivity contribution in [2.24, 2.45) is 0 Å². The zero-order valence-electron chi connectivity index (χ0n) is 17.5. The van der Waals surface area contributed by atoms with Crippen LogP contribution in [-0.2, 0) is 11.3 Å². The first-order valence-corrected chi connectivity index (χ1v) is 11.8. The third-order valence-corrected chi connectivity index (χ3v) is 6.47. The number of amides is 2. The lowest BCUT2D eigenvalue weighted by Gasteiger charge is -2.12. The number of nitrogens with zero attached hydrogens (tertiary/aromatic N) is 1. The molecule has 3 aromatic carbocycles. The van der Waals surface area contributed by atoms with Gasteiger partial charge in [0.2, 0.25) is 0 Å². The number of hydrogen-bond acceptors (Lipinski definition) is 6. The molecular formula is C25H18INO5S. The molecule has 0 aliphatic carbocycles. The molecule has 6 nitrogen and oxygen atoms in total. The van der Waals surface area contributed by atoms with Crippen LogP contribution in [0.4, 0.5) is 4.79 Å². The van der Waals surface area contributed by atoms with Crippen molar-refractivity contribution in [2.75, 3.05) is 7.11 Å². The predicted octanol–water partition coefficient (Wildman–Crippen LogP) is 5.76. The van der Waals surface area contributed by atoms with Crippen molar-refractivity contribution in [1.82, 2.24) is 4.90 Å². The van der Waals surface area contributed by atoms with Gasteiger partial charge in [-0.15, -0.1) is 0 Å². The summed E-state index contributed by atoms with van der Waals surface area (Å²) >= 11 is 3.12. The number of thioether (sulfide) groups is 1. The molecule has 1 aliphatic heterocycles. The number of imide groups is 1. The molecule has 2 amide bonds. The van der Waals surface area contributed by atoms with E-state index in [1.807, 2.05) is 24.3 Å². The van der Waals surface area contributed by atoms with E-state index < -0.39 is 5.97 Å². The van der Waals surface area contributed by atoms with Crippen molar-refractivity contribution in [1.29, 1.82) is 0 Å². The van der Waals surface area contributed by atoms with Gasteiger partial charge in [0.15, 0.2) is 0 Å². The van der Waals surface area contributed by atoms with Gasteiger partial charge in [0.1, 0.15) is 11.5 Å². The van der Waals surface area contributed by atoms with Crippen LogP contribution in [0.1, 0.15) is 21.5 Å². The van der Waals surface area contributed by atoms with Crippen LogP contribution < -0.4 is 9.47 Å². The average Bonchev–Trinajstić information content (AvgIpc) is 3.09. The van der Waals surface area contributed by atoms with Gasteiger partial charge in [0, 0.05) is 3.57 Å². The second-order valence-corrected chi connectivity index (χ2v) is 9.32. The summed E-state index contributed by atoms with van der Waals surface area (Å²) in [6.45, 7) is 0.235. The van der Waals surface area contributed by atoms with Gasteiger partial charge in [-0.25, -0.2) is 4.79 Å². The van der Waals surface area contributed by atoms with E-state index in [1.54, 1.807) is 61.7 Å². The fraction of sp³-hybridized carbons (Fsp3) is 0.0800. The van der Waals surface area contributed by atoms with Crippen molar-refractivity contribution in [2.45, 2.75) is 6.54 Å². The van der Waals surface area contributed by atoms with E-state index in [0.717, 1.165) is 26.5 Å². The van der Waals surface area contributed by atoms with Crippen molar-refractivity contribution in [3.63, 3.8) is 0 Å². The molecule has 0 bridgehead atoms. The monoisotopic (exact) mass is 571 g/mol. The molecule has 0 atom stereocenters. The average molecular weight is 571 g/mol. The summed E-state index contributed by atoms with van der Waals surface area (Å²) in [7, 11) is 1.55. The summed E-state index contributed by atoms with van der Waals surface area (Å²) in [6, 6.07) is 21.0. The maximum absolute atomic E-state index is 12.7. The van der Waals surface area contributed by atoms with Gasteiger partial charge in [-0.3, -0.25) is 14.5 Å². The van der Waals surface area contributed by atoms with E-state index in [-0.39, 0.29) is 17.7 Å². The van der Waals surface area contributed by atoms with Crippen LogP contribution in [0.25, 0.3) is 6.08 Å². The molecule has 1 aliphatic rings. The lowest BCUT2D eigenvalue weighted by atomic mass is 10.2. The Kier molecular flexibility index (Phi) is 7.14. The molecule has 0 radical (unpaired) electrons. The SMILES string of the molecule is COc1ccc(C(=O)Oc2ccc(/C=C3\SC(=O)N(Cc4ccc(I)cc4)C3=O)cc2)cc1. The Hall–Kier alpha value is -3.11. The second-order valence-electron chi connectivity index (χ2n) is 7.08. The number of benzene rings is 3. The van der Waals surface area contributed by atoms with Crippen LogP contribution >= 0.6 is 34.4 Å². The van der Waals surface area contributed by atoms with Crippen molar-refractivity contribution < 1.29 is 23.9 Å². The summed E-state index contributed by atoms with van der Waals surface area (Å²) < 4.78 is 11.6. The Morgan fingerprint density at radius 3 is 2.21 bits per heavy atom. The zero-order chi connectivity index (χ0) is 23.4. The largest absolute Gasteiger partial charge is 0.497 e. The summed E-state index contributed by atoms with van der Waals surface area (Å²) in [5.74, 6) is 0.222. The molecule has 0 saturated carbocycles. The highest BCUT2D eigenvalue weighted by molar-refractivity contribution is 14.1. The standard InChI is InChI=1S/C25H18INO5S/c1-31-20-12-6-18(7-13-20)24(29)32-21-10-4-16(5-11-21)14-22-23(28)27(25(30)33-22)15-17-2-8-19(26)9-3-17/h2-14H,15H2,1H3/b22-14-. The van der Waals surface area contributed by atoms with Crippen LogP contribution in [0.15, 0.2) is 77.7 Å². The first kappa shape index (κ1) is 23.1. The van der Waals surface area contributed by atoms with E-state index in [0.29, 0.717) is 22.0 Å². The topological polar surface area (TPSA) is 72.9 Å². The second kappa shape index (κ2) is 10.2. The third kappa shape index (κ3) is 5.63. The van der Waals surface area contributed by atoms with Gasteiger partial charge in [-0.1, -0.05) is 24.3 Å². The molecule has 3 aromatic rings. The molecule has 0 spiro atoms. The minimum Gasteiger partial charge on any atom is -0.497 e. The Balaban J connectivity index is 1.41. The van der Waals surface area contributed by atoms with Gasteiger partial charge in [-0.05, 0) is 100 Å². The summed E-state index contributed by atoms with van der Waals surface area (Å²) in [4.78, 5) is 39.0. The number of hydrogen-bond donors (Lipinski definition) is 0. The lowest BCUT2D eigenvalue weighted by molar-refractivity contribution is -0.123. The van der Waals surface area contributed by atoms with Gasteiger partial charge in [-0.2, -0.15) is 0 Å². The van der Waals surface area contributed by atoms with E-state index in [9.17, 15) is 14.4 Å². The van der Waals surface area contributed by atoms with Crippen LogP contribution in [0.3, 0.4) is 0 Å². The van der Waals surface area contributed by atoms with Gasteiger partial charge < -0.3 is 9.47 Å². The van der Waals surface area contributed by atoms with Gasteiger partial charge >= 0.3 is 5.97 Å². The number of carbonyl (C=O) groups is 3. The molecule has 166 valence electrons. The van der Waals surface area contributed by atoms with Crippen LogP contribution in [0.5, 0.6) is 11.5 Å². The maximum atomic E-state index is 12.7. The molecule has 33 heavy (non-hydrogen) atoms. The first-order chi connectivity index (χ1) is 15.9. The molecule has 1 fully saturated rings. The van der Waals surface area contributed by atoms with E-state index >= 15 is 0 Å². The predicted molar refractivity (Wildman–Crippen MR) is 135 cm³/mol.